The molecular weight excluding hydrogens is 440 g/mol. The fourth-order valence-corrected chi connectivity index (χ4v) is 3.87. The van der Waals surface area contributed by atoms with Crippen molar-refractivity contribution in [2.24, 2.45) is 0 Å². The van der Waals surface area contributed by atoms with Gasteiger partial charge in [0.25, 0.3) is 0 Å². The molecule has 1 aliphatic rings. The van der Waals surface area contributed by atoms with Gasteiger partial charge >= 0.3 is 12.1 Å². The molecule has 0 spiro atoms. The zero-order valence-corrected chi connectivity index (χ0v) is 17.4. The van der Waals surface area contributed by atoms with E-state index in [2.05, 4.69) is 0 Å². The van der Waals surface area contributed by atoms with Gasteiger partial charge in [-0.15, -0.1) is 0 Å². The second-order valence-corrected chi connectivity index (χ2v) is 8.50. The predicted octanol–water partition coefficient (Wildman–Crippen LogP) is 4.15. The summed E-state index contributed by atoms with van der Waals surface area (Å²) in [5.41, 5.74) is -2.89. The molecule has 1 atom stereocenters. The number of hydrogen-bond acceptors (Lipinski definition) is 6. The van der Waals surface area contributed by atoms with Gasteiger partial charge in [0, 0.05) is 18.8 Å². The molecule has 0 radical (unpaired) electrons. The number of nitrogens with zero attached hydrogens (tertiary/aromatic N) is 2. The van der Waals surface area contributed by atoms with Crippen molar-refractivity contribution in [1.82, 2.24) is 4.31 Å². The van der Waals surface area contributed by atoms with Gasteiger partial charge in [0.15, 0.2) is 5.60 Å². The summed E-state index contributed by atoms with van der Waals surface area (Å²) in [5.74, 6) is -2.74. The van der Waals surface area contributed by atoms with Gasteiger partial charge < -0.3 is 19.8 Å². The van der Waals surface area contributed by atoms with E-state index in [1.165, 1.54) is 30.1 Å². The molecule has 0 aromatic heterocycles. The van der Waals surface area contributed by atoms with E-state index in [9.17, 15) is 27.5 Å². The molecule has 2 N–H and O–H groups in total. The molecule has 0 saturated heterocycles. The molecule has 6 nitrogen and oxygen atoms in total. The van der Waals surface area contributed by atoms with Gasteiger partial charge in [-0.25, -0.2) is 13.5 Å². The van der Waals surface area contributed by atoms with Crippen LogP contribution in [-0.2, 0) is 11.0 Å². The quantitative estimate of drug-likeness (QED) is 0.513. The minimum Gasteiger partial charge on any atom is -0.489 e. The third-order valence-electron chi connectivity index (χ3n) is 4.64. The Kier molecular flexibility index (Phi) is 6.40. The molecule has 3 rings (SSSR count). The molecule has 168 valence electrons. The highest BCUT2D eigenvalue weighted by Crippen LogP contribution is 2.46. The first kappa shape index (κ1) is 23.2. The summed E-state index contributed by atoms with van der Waals surface area (Å²) in [6.07, 6.45) is -4.81. The second kappa shape index (κ2) is 8.56. The SMILES string of the molecule is CN1CCN(c2cccc(F)c2)c2cc(C(F)(F)F)c(OCC(C)(O)C(=O)O)cc2S1. The predicted molar refractivity (Wildman–Crippen MR) is 107 cm³/mol. The lowest BCUT2D eigenvalue weighted by Gasteiger charge is -2.27. The minimum atomic E-state index is -4.81. The zero-order valence-electron chi connectivity index (χ0n) is 16.6. The maximum atomic E-state index is 13.8. The van der Waals surface area contributed by atoms with Crippen molar-refractivity contribution in [3.8, 4) is 5.75 Å². The molecule has 2 aromatic carbocycles. The number of aliphatic hydroxyl groups is 1. The van der Waals surface area contributed by atoms with Crippen LogP contribution in [0, 0.1) is 5.82 Å². The summed E-state index contributed by atoms with van der Waals surface area (Å²) < 4.78 is 62.2. The molecule has 0 aliphatic carbocycles. The number of alkyl halides is 3. The highest BCUT2D eigenvalue weighted by Gasteiger charge is 2.38. The van der Waals surface area contributed by atoms with Crippen molar-refractivity contribution in [2.75, 3.05) is 31.6 Å². The lowest BCUT2D eigenvalue weighted by Crippen LogP contribution is -2.41. The molecule has 1 heterocycles. The number of carboxylic acids is 1. The first-order valence-corrected chi connectivity index (χ1v) is 9.92. The number of halogens is 4. The van der Waals surface area contributed by atoms with E-state index in [0.29, 0.717) is 23.7 Å². The van der Waals surface area contributed by atoms with Gasteiger partial charge in [-0.05, 0) is 56.3 Å². The number of ether oxygens (including phenoxy) is 1. The zero-order chi connectivity index (χ0) is 23.0. The lowest BCUT2D eigenvalue weighted by atomic mass is 10.1. The Labute approximate surface area is 180 Å². The molecule has 1 aliphatic heterocycles. The number of aliphatic carboxylic acids is 1. The summed E-state index contributed by atoms with van der Waals surface area (Å²) in [6, 6.07) is 7.62. The molecule has 11 heteroatoms. The number of likely N-dealkylation sites (N-methyl/N-ethyl adjacent to an activating group) is 1. The second-order valence-electron chi connectivity index (χ2n) is 7.26. The Morgan fingerprint density at radius 3 is 2.55 bits per heavy atom. The van der Waals surface area contributed by atoms with Crippen LogP contribution < -0.4 is 9.64 Å². The van der Waals surface area contributed by atoms with Crippen molar-refractivity contribution in [3.05, 3.63) is 47.8 Å². The summed E-state index contributed by atoms with van der Waals surface area (Å²) in [7, 11) is 1.76. The van der Waals surface area contributed by atoms with E-state index < -0.39 is 41.5 Å². The lowest BCUT2D eigenvalue weighted by molar-refractivity contribution is -0.159. The molecule has 1 unspecified atom stereocenters. The number of carbonyl (C=O) groups is 1. The van der Waals surface area contributed by atoms with Crippen molar-refractivity contribution < 1.29 is 37.3 Å². The van der Waals surface area contributed by atoms with E-state index >= 15 is 0 Å². The number of rotatable bonds is 5. The van der Waals surface area contributed by atoms with Crippen molar-refractivity contribution in [1.29, 1.82) is 0 Å². The highest BCUT2D eigenvalue weighted by molar-refractivity contribution is 7.97. The standard InChI is InChI=1S/C20H20F4N2O4S/c1-19(29,18(27)28)11-30-16-10-17-15(9-14(16)20(22,23)24)26(7-6-25(2)31-17)13-5-3-4-12(21)8-13/h3-5,8-10,29H,6-7,11H2,1-2H3,(H,27,28). The topological polar surface area (TPSA) is 73.2 Å². The molecule has 2 aromatic rings. The van der Waals surface area contributed by atoms with Crippen LogP contribution in [0.25, 0.3) is 0 Å². The maximum Gasteiger partial charge on any atom is 0.420 e. The van der Waals surface area contributed by atoms with Crippen LogP contribution >= 0.6 is 11.9 Å². The van der Waals surface area contributed by atoms with Gasteiger partial charge in [-0.2, -0.15) is 13.2 Å². The Morgan fingerprint density at radius 1 is 1.23 bits per heavy atom. The van der Waals surface area contributed by atoms with Crippen LogP contribution in [0.2, 0.25) is 0 Å². The van der Waals surface area contributed by atoms with Crippen molar-refractivity contribution in [3.63, 3.8) is 0 Å². The van der Waals surface area contributed by atoms with Crippen molar-refractivity contribution in [2.45, 2.75) is 23.6 Å². The molecule has 0 amide bonds. The summed E-state index contributed by atoms with van der Waals surface area (Å²) >= 11 is 1.18. The smallest absolute Gasteiger partial charge is 0.420 e. The van der Waals surface area contributed by atoms with Gasteiger partial charge in [-0.3, -0.25) is 0 Å². The number of hydrogen-bond donors (Lipinski definition) is 2. The van der Waals surface area contributed by atoms with E-state index in [1.54, 1.807) is 18.0 Å². The number of benzene rings is 2. The first-order chi connectivity index (χ1) is 14.4. The fourth-order valence-electron chi connectivity index (χ4n) is 2.94. The molecule has 31 heavy (non-hydrogen) atoms. The van der Waals surface area contributed by atoms with Crippen LogP contribution in [0.3, 0.4) is 0 Å². The van der Waals surface area contributed by atoms with Crippen LogP contribution in [0.15, 0.2) is 41.3 Å². The molecule has 0 fully saturated rings. The fraction of sp³-hybridized carbons (Fsp3) is 0.350. The Morgan fingerprint density at radius 2 is 1.94 bits per heavy atom. The van der Waals surface area contributed by atoms with Crippen molar-refractivity contribution >= 4 is 29.3 Å². The van der Waals surface area contributed by atoms with E-state index in [-0.39, 0.29) is 5.69 Å². The van der Waals surface area contributed by atoms with E-state index in [4.69, 9.17) is 9.84 Å². The summed E-state index contributed by atoms with van der Waals surface area (Å²) in [4.78, 5) is 13.1. The highest BCUT2D eigenvalue weighted by atomic mass is 32.2. The monoisotopic (exact) mass is 460 g/mol. The molecular formula is C20H20F4N2O4S. The minimum absolute atomic E-state index is 0.213. The van der Waals surface area contributed by atoms with Gasteiger partial charge in [0.05, 0.1) is 16.1 Å². The summed E-state index contributed by atoms with van der Waals surface area (Å²) in [5, 5.41) is 18.8. The Bertz CT molecular complexity index is 984. The Hall–Kier alpha value is -2.50. The average molecular weight is 460 g/mol. The van der Waals surface area contributed by atoms with Crippen LogP contribution in [0.5, 0.6) is 5.75 Å². The normalized spacial score (nSPS) is 16.9. The Balaban J connectivity index is 2.11. The third-order valence-corrected chi connectivity index (χ3v) is 5.66. The average Bonchev–Trinajstić information content (AvgIpc) is 2.82. The van der Waals surface area contributed by atoms with Gasteiger partial charge in [0.2, 0.25) is 0 Å². The molecule has 0 saturated carbocycles. The van der Waals surface area contributed by atoms with Gasteiger partial charge in [-0.1, -0.05) is 6.07 Å². The maximum absolute atomic E-state index is 13.8. The van der Waals surface area contributed by atoms with Crippen LogP contribution in [0.4, 0.5) is 28.9 Å². The van der Waals surface area contributed by atoms with E-state index in [1.807, 2.05) is 4.31 Å². The van der Waals surface area contributed by atoms with Crippen LogP contribution in [-0.4, -0.2) is 52.8 Å². The third kappa shape index (κ3) is 5.23. The van der Waals surface area contributed by atoms with Gasteiger partial charge in [0.1, 0.15) is 18.2 Å². The first-order valence-electron chi connectivity index (χ1n) is 9.14. The van der Waals surface area contributed by atoms with Crippen LogP contribution in [0.1, 0.15) is 12.5 Å². The number of carboxylic acid groups (broad SMARTS) is 1. The number of fused-ring (bicyclic) bond motifs is 1. The largest absolute Gasteiger partial charge is 0.489 e. The molecule has 0 bridgehead atoms. The number of anilines is 2. The van der Waals surface area contributed by atoms with E-state index in [0.717, 1.165) is 19.1 Å². The summed E-state index contributed by atoms with van der Waals surface area (Å²) in [6.45, 7) is 0.838.